The van der Waals surface area contributed by atoms with E-state index in [9.17, 15) is 18.0 Å². The van der Waals surface area contributed by atoms with Crippen LogP contribution in [0, 0.1) is 0 Å². The highest BCUT2D eigenvalue weighted by Crippen LogP contribution is 2.31. The van der Waals surface area contributed by atoms with Gasteiger partial charge in [-0.2, -0.15) is 4.31 Å². The molecule has 0 unspecified atom stereocenters. The number of fused-ring (bicyclic) bond motifs is 1. The number of anilines is 1. The van der Waals surface area contributed by atoms with Crippen LogP contribution in [0.4, 0.5) is 9.93 Å². The van der Waals surface area contributed by atoms with Crippen LogP contribution in [-0.2, 0) is 27.7 Å². The molecular formula is C17H19N3O5S2. The van der Waals surface area contributed by atoms with Gasteiger partial charge in [-0.25, -0.2) is 18.2 Å². The van der Waals surface area contributed by atoms with Gasteiger partial charge in [-0.3, -0.25) is 10.1 Å². The van der Waals surface area contributed by atoms with E-state index in [0.29, 0.717) is 23.7 Å². The lowest BCUT2D eigenvalue weighted by Gasteiger charge is -2.25. The SMILES string of the molecule is CCOC(=O)Nc1nc2c(s1)CN(S(=O)(=O)c1ccc(C(C)=O)cc1)CC2. The Kier molecular flexibility index (Phi) is 5.59. The number of rotatable bonds is 5. The summed E-state index contributed by atoms with van der Waals surface area (Å²) in [6.07, 6.45) is -0.125. The molecule has 0 radical (unpaired) electrons. The van der Waals surface area contributed by atoms with Gasteiger partial charge in [0.2, 0.25) is 10.0 Å². The smallest absolute Gasteiger partial charge is 0.413 e. The number of Topliss-reactive ketones (excluding diaryl/α,β-unsaturated/α-hetero) is 1. The van der Waals surface area contributed by atoms with Crippen LogP contribution >= 0.6 is 11.3 Å². The Hall–Kier alpha value is -2.30. The molecule has 27 heavy (non-hydrogen) atoms. The number of benzene rings is 1. The highest BCUT2D eigenvalue weighted by molar-refractivity contribution is 7.89. The van der Waals surface area contributed by atoms with Crippen molar-refractivity contribution in [2.75, 3.05) is 18.5 Å². The number of thiazole rings is 1. The van der Waals surface area contributed by atoms with Gasteiger partial charge in [-0.05, 0) is 26.0 Å². The number of amides is 1. The van der Waals surface area contributed by atoms with Crippen LogP contribution in [0.25, 0.3) is 0 Å². The second kappa shape index (κ2) is 7.75. The molecule has 8 nitrogen and oxygen atoms in total. The molecule has 0 saturated heterocycles. The van der Waals surface area contributed by atoms with Crippen molar-refractivity contribution in [3.8, 4) is 0 Å². The number of carbonyl (C=O) groups excluding carboxylic acids is 2. The van der Waals surface area contributed by atoms with Crippen molar-refractivity contribution in [3.63, 3.8) is 0 Å². The summed E-state index contributed by atoms with van der Waals surface area (Å²) < 4.78 is 32.0. The fourth-order valence-electron chi connectivity index (χ4n) is 2.70. The molecule has 1 aromatic heterocycles. The Morgan fingerprint density at radius 3 is 2.63 bits per heavy atom. The molecule has 2 heterocycles. The van der Waals surface area contributed by atoms with E-state index in [1.807, 2.05) is 0 Å². The van der Waals surface area contributed by atoms with Crippen molar-refractivity contribution in [1.29, 1.82) is 0 Å². The maximum atomic E-state index is 12.9. The third-order valence-electron chi connectivity index (χ3n) is 4.08. The molecule has 0 saturated carbocycles. The molecule has 0 aliphatic carbocycles. The maximum absolute atomic E-state index is 12.9. The van der Waals surface area contributed by atoms with Crippen molar-refractivity contribution < 1.29 is 22.7 Å². The Morgan fingerprint density at radius 2 is 2.00 bits per heavy atom. The second-order valence-corrected chi connectivity index (χ2v) is 8.93. The molecule has 0 fully saturated rings. The molecule has 1 aliphatic rings. The van der Waals surface area contributed by atoms with E-state index in [4.69, 9.17) is 4.74 Å². The lowest BCUT2D eigenvalue weighted by Crippen LogP contribution is -2.35. The average molecular weight is 409 g/mol. The summed E-state index contributed by atoms with van der Waals surface area (Å²) in [4.78, 5) is 28.1. The first-order chi connectivity index (χ1) is 12.8. The molecule has 144 valence electrons. The summed E-state index contributed by atoms with van der Waals surface area (Å²) in [5, 5.41) is 2.94. The normalized spacial score (nSPS) is 14.4. The van der Waals surface area contributed by atoms with Crippen molar-refractivity contribution in [2.45, 2.75) is 31.7 Å². The van der Waals surface area contributed by atoms with Crippen LogP contribution in [0.2, 0.25) is 0 Å². The predicted octanol–water partition coefficient (Wildman–Crippen LogP) is 2.66. The number of nitrogens with zero attached hydrogens (tertiary/aromatic N) is 2. The summed E-state index contributed by atoms with van der Waals surface area (Å²) in [5.41, 5.74) is 1.25. The fourth-order valence-corrected chi connectivity index (χ4v) is 5.20. The van der Waals surface area contributed by atoms with Gasteiger partial charge in [-0.1, -0.05) is 23.5 Å². The van der Waals surface area contributed by atoms with E-state index in [0.717, 1.165) is 10.6 Å². The number of nitrogens with one attached hydrogen (secondary N) is 1. The number of hydrogen-bond acceptors (Lipinski definition) is 7. The van der Waals surface area contributed by atoms with Gasteiger partial charge in [0.25, 0.3) is 0 Å². The summed E-state index contributed by atoms with van der Waals surface area (Å²) in [5.74, 6) is -0.118. The van der Waals surface area contributed by atoms with Crippen LogP contribution in [0.15, 0.2) is 29.2 Å². The lowest BCUT2D eigenvalue weighted by atomic mass is 10.2. The van der Waals surface area contributed by atoms with Crippen molar-refractivity contribution in [2.24, 2.45) is 0 Å². The van der Waals surface area contributed by atoms with Crippen molar-refractivity contribution in [1.82, 2.24) is 9.29 Å². The van der Waals surface area contributed by atoms with E-state index in [1.165, 1.54) is 46.8 Å². The molecule has 1 N–H and O–H groups in total. The van der Waals surface area contributed by atoms with Crippen LogP contribution in [0.5, 0.6) is 0 Å². The van der Waals surface area contributed by atoms with Gasteiger partial charge in [0.15, 0.2) is 10.9 Å². The molecular weight excluding hydrogens is 390 g/mol. The number of ether oxygens (including phenoxy) is 1. The Bertz CT molecular complexity index is 967. The molecule has 3 rings (SSSR count). The Labute approximate surface area is 161 Å². The third kappa shape index (κ3) is 4.18. The third-order valence-corrected chi connectivity index (χ3v) is 6.94. The van der Waals surface area contributed by atoms with Gasteiger partial charge >= 0.3 is 6.09 Å². The minimum atomic E-state index is -3.68. The summed E-state index contributed by atoms with van der Waals surface area (Å²) in [6, 6.07) is 5.92. The molecule has 0 bridgehead atoms. The molecule has 1 aliphatic heterocycles. The zero-order valence-corrected chi connectivity index (χ0v) is 16.5. The zero-order valence-electron chi connectivity index (χ0n) is 14.9. The lowest BCUT2D eigenvalue weighted by molar-refractivity contribution is 0.101. The summed E-state index contributed by atoms with van der Waals surface area (Å²) in [7, 11) is -3.68. The minimum absolute atomic E-state index is 0.118. The fraction of sp³-hybridized carbons (Fsp3) is 0.353. The maximum Gasteiger partial charge on any atom is 0.413 e. The van der Waals surface area contributed by atoms with Crippen LogP contribution < -0.4 is 5.32 Å². The van der Waals surface area contributed by atoms with E-state index in [1.54, 1.807) is 6.92 Å². The highest BCUT2D eigenvalue weighted by atomic mass is 32.2. The van der Waals surface area contributed by atoms with Crippen molar-refractivity contribution >= 4 is 38.4 Å². The van der Waals surface area contributed by atoms with Gasteiger partial charge in [0, 0.05) is 23.4 Å². The first-order valence-electron chi connectivity index (χ1n) is 8.34. The van der Waals surface area contributed by atoms with Crippen LogP contribution in [-0.4, -0.2) is 42.7 Å². The number of sulfonamides is 1. The number of hydrogen-bond donors (Lipinski definition) is 1. The van der Waals surface area contributed by atoms with Gasteiger partial charge in [0.1, 0.15) is 0 Å². The minimum Gasteiger partial charge on any atom is -0.450 e. The molecule has 2 aromatic rings. The van der Waals surface area contributed by atoms with Gasteiger partial charge < -0.3 is 4.74 Å². The molecule has 1 amide bonds. The quantitative estimate of drug-likeness (QED) is 0.761. The largest absolute Gasteiger partial charge is 0.450 e. The summed E-state index contributed by atoms with van der Waals surface area (Å²) >= 11 is 1.24. The predicted molar refractivity (Wildman–Crippen MR) is 101 cm³/mol. The van der Waals surface area contributed by atoms with Crippen LogP contribution in [0.3, 0.4) is 0 Å². The van der Waals surface area contributed by atoms with Gasteiger partial charge in [-0.15, -0.1) is 0 Å². The standard InChI is InChI=1S/C17H19N3O5S2/c1-3-25-17(22)19-16-18-14-8-9-20(10-15(14)26-16)27(23,24)13-6-4-12(5-7-13)11(2)21/h4-7H,3,8-10H2,1-2H3,(H,18,19,22). The van der Waals surface area contributed by atoms with E-state index < -0.39 is 16.1 Å². The number of carbonyl (C=O) groups is 2. The number of ketones is 1. The first kappa shape index (κ1) is 19.5. The van der Waals surface area contributed by atoms with E-state index >= 15 is 0 Å². The molecule has 1 aromatic carbocycles. The summed E-state index contributed by atoms with van der Waals surface area (Å²) in [6.45, 7) is 3.88. The highest BCUT2D eigenvalue weighted by Gasteiger charge is 2.30. The Balaban J connectivity index is 1.77. The Morgan fingerprint density at radius 1 is 1.30 bits per heavy atom. The zero-order chi connectivity index (χ0) is 19.6. The second-order valence-electron chi connectivity index (χ2n) is 5.90. The average Bonchev–Trinajstić information content (AvgIpc) is 3.03. The monoisotopic (exact) mass is 409 g/mol. The van der Waals surface area contributed by atoms with E-state index in [2.05, 4.69) is 10.3 Å². The first-order valence-corrected chi connectivity index (χ1v) is 10.6. The van der Waals surface area contributed by atoms with E-state index in [-0.39, 0.29) is 23.8 Å². The topological polar surface area (TPSA) is 106 Å². The molecule has 0 spiro atoms. The van der Waals surface area contributed by atoms with Crippen molar-refractivity contribution in [3.05, 3.63) is 40.4 Å². The molecule has 0 atom stereocenters. The van der Waals surface area contributed by atoms with Gasteiger partial charge in [0.05, 0.1) is 23.7 Å². The molecule has 10 heteroatoms. The van der Waals surface area contributed by atoms with Crippen LogP contribution in [0.1, 0.15) is 34.8 Å². The number of aromatic nitrogens is 1.